The number of hydrogen-bond acceptors (Lipinski definition) is 3. The lowest BCUT2D eigenvalue weighted by molar-refractivity contribution is 0.0973. The molecule has 0 aliphatic heterocycles. The number of halogens is 1. The largest absolute Gasteiger partial charge is 0.493 e. The normalized spacial score (nSPS) is 10.2. The Bertz CT molecular complexity index is 737. The molecule has 2 aromatic rings. The molecule has 0 unspecified atom stereocenters. The van der Waals surface area contributed by atoms with Gasteiger partial charge in [-0.3, -0.25) is 10.1 Å². The standard InChI is InChI=1S/C19H21BrN2O2S/c1-2-3-8-13-24-17-12-7-4-9-14(17)18(23)22-19(25)21-16-11-6-5-10-15(16)20/h4-7,9-12H,2-3,8,13H2,1H3,(H2,21,22,23,25). The Labute approximate surface area is 162 Å². The number of para-hydroxylation sites is 2. The van der Waals surface area contributed by atoms with E-state index < -0.39 is 0 Å². The molecule has 6 heteroatoms. The van der Waals surface area contributed by atoms with Crippen molar-refractivity contribution in [2.75, 3.05) is 11.9 Å². The number of ether oxygens (including phenoxy) is 1. The van der Waals surface area contributed by atoms with Gasteiger partial charge in [-0.1, -0.05) is 44.0 Å². The Hall–Kier alpha value is -1.92. The molecular weight excluding hydrogens is 400 g/mol. The monoisotopic (exact) mass is 420 g/mol. The minimum absolute atomic E-state index is 0.234. The third-order valence-corrected chi connectivity index (χ3v) is 4.38. The lowest BCUT2D eigenvalue weighted by atomic mass is 10.2. The summed E-state index contributed by atoms with van der Waals surface area (Å²) in [5.74, 6) is 0.274. The zero-order valence-corrected chi connectivity index (χ0v) is 16.5. The first-order valence-corrected chi connectivity index (χ1v) is 9.40. The maximum absolute atomic E-state index is 12.5. The summed E-state index contributed by atoms with van der Waals surface area (Å²) in [4.78, 5) is 12.5. The number of amides is 1. The summed E-state index contributed by atoms with van der Waals surface area (Å²) in [6.07, 6.45) is 3.20. The SMILES string of the molecule is CCCCCOc1ccccc1C(=O)NC(=S)Nc1ccccc1Br. The van der Waals surface area contributed by atoms with Crippen molar-refractivity contribution < 1.29 is 9.53 Å². The van der Waals surface area contributed by atoms with E-state index >= 15 is 0 Å². The molecule has 0 heterocycles. The van der Waals surface area contributed by atoms with Crippen LogP contribution < -0.4 is 15.4 Å². The lowest BCUT2D eigenvalue weighted by Gasteiger charge is -2.13. The molecular formula is C19H21BrN2O2S. The van der Waals surface area contributed by atoms with Gasteiger partial charge in [0, 0.05) is 4.47 Å². The predicted molar refractivity (Wildman–Crippen MR) is 109 cm³/mol. The Balaban J connectivity index is 1.98. The molecule has 0 aliphatic rings. The van der Waals surface area contributed by atoms with Crippen molar-refractivity contribution in [2.45, 2.75) is 26.2 Å². The lowest BCUT2D eigenvalue weighted by Crippen LogP contribution is -2.34. The second-order valence-electron chi connectivity index (χ2n) is 5.44. The van der Waals surface area contributed by atoms with Crippen LogP contribution in [0.15, 0.2) is 53.0 Å². The number of carbonyl (C=O) groups is 1. The molecule has 0 aliphatic carbocycles. The van der Waals surface area contributed by atoms with Crippen molar-refractivity contribution in [3.8, 4) is 5.75 Å². The van der Waals surface area contributed by atoms with Crippen molar-refractivity contribution in [1.82, 2.24) is 5.32 Å². The topological polar surface area (TPSA) is 50.4 Å². The first kappa shape index (κ1) is 19.4. The Morgan fingerprint density at radius 1 is 1.12 bits per heavy atom. The molecule has 2 rings (SSSR count). The summed E-state index contributed by atoms with van der Waals surface area (Å²) in [6, 6.07) is 14.7. The first-order chi connectivity index (χ1) is 12.1. The fourth-order valence-electron chi connectivity index (χ4n) is 2.20. The van der Waals surface area contributed by atoms with Crippen LogP contribution in [-0.2, 0) is 0 Å². The van der Waals surface area contributed by atoms with Crippen molar-refractivity contribution in [2.24, 2.45) is 0 Å². The van der Waals surface area contributed by atoms with E-state index in [9.17, 15) is 4.79 Å². The summed E-state index contributed by atoms with van der Waals surface area (Å²) in [5.41, 5.74) is 1.26. The second kappa shape index (κ2) is 10.2. The van der Waals surface area contributed by atoms with Crippen LogP contribution in [-0.4, -0.2) is 17.6 Å². The summed E-state index contributed by atoms with van der Waals surface area (Å²) in [6.45, 7) is 2.73. The number of anilines is 1. The highest BCUT2D eigenvalue weighted by atomic mass is 79.9. The van der Waals surface area contributed by atoms with Gasteiger partial charge in [-0.05, 0) is 58.8 Å². The van der Waals surface area contributed by atoms with Gasteiger partial charge in [0.1, 0.15) is 5.75 Å². The van der Waals surface area contributed by atoms with E-state index in [1.807, 2.05) is 30.3 Å². The molecule has 132 valence electrons. The van der Waals surface area contributed by atoms with E-state index in [0.29, 0.717) is 17.9 Å². The van der Waals surface area contributed by atoms with Crippen molar-refractivity contribution >= 4 is 44.9 Å². The van der Waals surface area contributed by atoms with Crippen LogP contribution in [0.4, 0.5) is 5.69 Å². The summed E-state index contributed by atoms with van der Waals surface area (Å²) < 4.78 is 6.61. The molecule has 0 saturated heterocycles. The molecule has 0 spiro atoms. The van der Waals surface area contributed by atoms with Gasteiger partial charge in [0.2, 0.25) is 0 Å². The molecule has 0 saturated carbocycles. The third-order valence-electron chi connectivity index (χ3n) is 3.49. The van der Waals surface area contributed by atoms with Crippen LogP contribution in [0.3, 0.4) is 0 Å². The van der Waals surface area contributed by atoms with Crippen LogP contribution in [0.5, 0.6) is 5.75 Å². The Morgan fingerprint density at radius 2 is 1.84 bits per heavy atom. The van der Waals surface area contributed by atoms with E-state index in [2.05, 4.69) is 33.5 Å². The number of unbranched alkanes of at least 4 members (excludes halogenated alkanes) is 2. The molecule has 0 radical (unpaired) electrons. The highest BCUT2D eigenvalue weighted by Gasteiger charge is 2.14. The van der Waals surface area contributed by atoms with E-state index in [0.717, 1.165) is 29.4 Å². The van der Waals surface area contributed by atoms with Crippen LogP contribution >= 0.6 is 28.1 Å². The summed E-state index contributed by atoms with van der Waals surface area (Å²) >= 11 is 8.67. The van der Waals surface area contributed by atoms with Gasteiger partial charge in [-0.15, -0.1) is 0 Å². The molecule has 25 heavy (non-hydrogen) atoms. The van der Waals surface area contributed by atoms with Gasteiger partial charge in [0.05, 0.1) is 17.9 Å². The second-order valence-corrected chi connectivity index (χ2v) is 6.70. The molecule has 4 nitrogen and oxygen atoms in total. The van der Waals surface area contributed by atoms with Gasteiger partial charge in [0.15, 0.2) is 5.11 Å². The maximum atomic E-state index is 12.5. The quantitative estimate of drug-likeness (QED) is 0.480. The van der Waals surface area contributed by atoms with E-state index in [1.54, 1.807) is 18.2 Å². The zero-order valence-electron chi connectivity index (χ0n) is 14.0. The number of hydrogen-bond donors (Lipinski definition) is 2. The minimum Gasteiger partial charge on any atom is -0.493 e. The summed E-state index contributed by atoms with van der Waals surface area (Å²) in [7, 11) is 0. The van der Waals surface area contributed by atoms with Crippen LogP contribution in [0, 0.1) is 0 Å². The van der Waals surface area contributed by atoms with E-state index in [-0.39, 0.29) is 11.0 Å². The van der Waals surface area contributed by atoms with Gasteiger partial charge in [-0.25, -0.2) is 0 Å². The maximum Gasteiger partial charge on any atom is 0.261 e. The first-order valence-electron chi connectivity index (χ1n) is 8.20. The van der Waals surface area contributed by atoms with Crippen molar-refractivity contribution in [1.29, 1.82) is 0 Å². The molecule has 0 bridgehead atoms. The highest BCUT2D eigenvalue weighted by Crippen LogP contribution is 2.21. The molecule has 2 aromatic carbocycles. The molecule has 0 atom stereocenters. The molecule has 2 N–H and O–H groups in total. The van der Waals surface area contributed by atoms with Gasteiger partial charge in [0.25, 0.3) is 5.91 Å². The average Bonchev–Trinajstić information content (AvgIpc) is 2.61. The average molecular weight is 421 g/mol. The van der Waals surface area contributed by atoms with Crippen LogP contribution in [0.2, 0.25) is 0 Å². The van der Waals surface area contributed by atoms with Crippen LogP contribution in [0.25, 0.3) is 0 Å². The summed E-state index contributed by atoms with van der Waals surface area (Å²) in [5, 5.41) is 5.93. The van der Waals surface area contributed by atoms with Gasteiger partial charge >= 0.3 is 0 Å². The van der Waals surface area contributed by atoms with Gasteiger partial charge in [-0.2, -0.15) is 0 Å². The number of benzene rings is 2. The van der Waals surface area contributed by atoms with Crippen LogP contribution in [0.1, 0.15) is 36.5 Å². The zero-order chi connectivity index (χ0) is 18.1. The smallest absolute Gasteiger partial charge is 0.261 e. The fourth-order valence-corrected chi connectivity index (χ4v) is 2.79. The number of carbonyl (C=O) groups excluding carboxylic acids is 1. The molecule has 0 aromatic heterocycles. The Morgan fingerprint density at radius 3 is 2.60 bits per heavy atom. The third kappa shape index (κ3) is 6.14. The molecule has 0 fully saturated rings. The number of rotatable bonds is 7. The molecule has 1 amide bonds. The minimum atomic E-state index is -0.296. The highest BCUT2D eigenvalue weighted by molar-refractivity contribution is 9.10. The Kier molecular flexibility index (Phi) is 7.88. The number of nitrogens with one attached hydrogen (secondary N) is 2. The van der Waals surface area contributed by atoms with E-state index in [4.69, 9.17) is 17.0 Å². The van der Waals surface area contributed by atoms with Crippen molar-refractivity contribution in [3.05, 3.63) is 58.6 Å². The van der Waals surface area contributed by atoms with E-state index in [1.165, 1.54) is 0 Å². The predicted octanol–water partition coefficient (Wildman–Crippen LogP) is 5.14. The number of thiocarbonyl (C=S) groups is 1. The van der Waals surface area contributed by atoms with Crippen molar-refractivity contribution in [3.63, 3.8) is 0 Å². The fraction of sp³-hybridized carbons (Fsp3) is 0.263. The van der Waals surface area contributed by atoms with Gasteiger partial charge < -0.3 is 10.1 Å².